The molecule has 0 N–H and O–H groups in total. The Labute approximate surface area is 195 Å². The van der Waals surface area contributed by atoms with Gasteiger partial charge < -0.3 is 9.47 Å². The fraction of sp³-hybridized carbons (Fsp3) is 0.321. The summed E-state index contributed by atoms with van der Waals surface area (Å²) in [4.78, 5) is 15.9. The van der Waals surface area contributed by atoms with Gasteiger partial charge in [-0.15, -0.1) is 0 Å². The first-order chi connectivity index (χ1) is 15.6. The van der Waals surface area contributed by atoms with Crippen molar-refractivity contribution in [2.24, 2.45) is 0 Å². The second kappa shape index (κ2) is 12.4. The zero-order valence-corrected chi connectivity index (χ0v) is 20.1. The quantitative estimate of drug-likeness (QED) is 0.181. The number of hydrogen-bond acceptors (Lipinski definition) is 3. The van der Waals surface area contributed by atoms with Crippen molar-refractivity contribution >= 4 is 16.9 Å². The van der Waals surface area contributed by atoms with Gasteiger partial charge >= 0.3 is 5.97 Å². The summed E-state index contributed by atoms with van der Waals surface area (Å²) in [5.74, 6) is 0.457. The zero-order valence-electron chi connectivity index (χ0n) is 19.3. The van der Waals surface area contributed by atoms with E-state index in [-0.39, 0.29) is 23.5 Å². The molecule has 0 heterocycles. The third kappa shape index (κ3) is 6.64. The van der Waals surface area contributed by atoms with Crippen LogP contribution in [0.25, 0.3) is 0 Å². The van der Waals surface area contributed by atoms with Crippen molar-refractivity contribution in [2.75, 3.05) is 13.2 Å². The molecule has 3 aromatic rings. The summed E-state index contributed by atoms with van der Waals surface area (Å²) in [7, 11) is -0.211. The number of hydrogen-bond donors (Lipinski definition) is 0. The normalized spacial score (nSPS) is 10.9. The van der Waals surface area contributed by atoms with Crippen molar-refractivity contribution in [3.05, 3.63) is 83.9 Å². The van der Waals surface area contributed by atoms with Crippen LogP contribution in [0.15, 0.2) is 87.5 Å². The van der Waals surface area contributed by atoms with Gasteiger partial charge in [0.15, 0.2) is 21.3 Å². The van der Waals surface area contributed by atoms with E-state index in [9.17, 15) is 4.79 Å². The van der Waals surface area contributed by atoms with Gasteiger partial charge in [-0.2, -0.15) is 0 Å². The molecule has 0 aromatic heterocycles. The zero-order chi connectivity index (χ0) is 22.8. The van der Waals surface area contributed by atoms with Crippen molar-refractivity contribution in [3.8, 4) is 5.75 Å². The van der Waals surface area contributed by atoms with Gasteiger partial charge in [-0.05, 0) is 55.7 Å². The molecule has 0 aliphatic heterocycles. The fourth-order valence-corrected chi connectivity index (χ4v) is 5.93. The summed E-state index contributed by atoms with van der Waals surface area (Å²) >= 11 is 0. The minimum atomic E-state index is -0.308. The second-order valence-corrected chi connectivity index (χ2v) is 9.91. The van der Waals surface area contributed by atoms with Crippen LogP contribution in [0.2, 0.25) is 0 Å². The van der Waals surface area contributed by atoms with E-state index in [0.717, 1.165) is 29.7 Å². The third-order valence-corrected chi connectivity index (χ3v) is 7.42. The summed E-state index contributed by atoms with van der Waals surface area (Å²) in [6, 6.07) is 25.5. The van der Waals surface area contributed by atoms with Crippen LogP contribution in [0.5, 0.6) is 5.75 Å². The van der Waals surface area contributed by atoms with E-state index in [1.54, 1.807) is 0 Å². The minimum absolute atomic E-state index is 0.0576. The summed E-state index contributed by atoms with van der Waals surface area (Å²) < 4.78 is 11.2. The average Bonchev–Trinajstić information content (AvgIpc) is 2.80. The molecular weight excluding hydrogens is 416 g/mol. The molecule has 3 rings (SSSR count). The predicted octanol–water partition coefficient (Wildman–Crippen LogP) is 6.90. The Hall–Kier alpha value is -2.72. The Bertz CT molecular complexity index is 924. The van der Waals surface area contributed by atoms with Gasteiger partial charge in [-0.3, -0.25) is 0 Å². The van der Waals surface area contributed by atoms with Gasteiger partial charge in [0.1, 0.15) is 5.75 Å². The second-order valence-electron chi connectivity index (χ2n) is 7.89. The molecular formula is C28H33O3S+. The van der Waals surface area contributed by atoms with Crippen LogP contribution in [0, 0.1) is 13.8 Å². The molecule has 0 fully saturated rings. The van der Waals surface area contributed by atoms with E-state index in [0.29, 0.717) is 6.61 Å². The predicted molar refractivity (Wildman–Crippen MR) is 132 cm³/mol. The summed E-state index contributed by atoms with van der Waals surface area (Å²) in [5.41, 5.74) is 2.06. The number of benzene rings is 3. The largest absolute Gasteiger partial charge is 0.481 e. The first kappa shape index (κ1) is 23.9. The van der Waals surface area contributed by atoms with Crippen LogP contribution in [0.3, 0.4) is 0 Å². The Morgan fingerprint density at radius 3 is 1.88 bits per heavy atom. The van der Waals surface area contributed by atoms with Crippen molar-refractivity contribution in [3.63, 3.8) is 0 Å². The van der Waals surface area contributed by atoms with E-state index in [2.05, 4.69) is 67.6 Å². The lowest BCUT2D eigenvalue weighted by Crippen LogP contribution is -2.16. The molecule has 4 heteroatoms. The molecule has 0 saturated carbocycles. The van der Waals surface area contributed by atoms with Crippen molar-refractivity contribution < 1.29 is 14.3 Å². The maximum absolute atomic E-state index is 12.1. The van der Waals surface area contributed by atoms with Crippen LogP contribution >= 0.6 is 0 Å². The van der Waals surface area contributed by atoms with Crippen LogP contribution in [0.1, 0.15) is 43.7 Å². The van der Waals surface area contributed by atoms with E-state index in [4.69, 9.17) is 9.47 Å². The number of esters is 1. The molecule has 168 valence electrons. The van der Waals surface area contributed by atoms with E-state index in [1.165, 1.54) is 27.5 Å². The Kier molecular flexibility index (Phi) is 9.24. The highest BCUT2D eigenvalue weighted by atomic mass is 32.2. The van der Waals surface area contributed by atoms with Crippen molar-refractivity contribution in [1.82, 2.24) is 0 Å². The lowest BCUT2D eigenvalue weighted by atomic mass is 10.1. The maximum atomic E-state index is 12.1. The standard InChI is InChI=1S/C28H33O3S/c1-4-5-6-13-18-30-27(29)21-31-28-22(2)19-26(20-23(28)3)32(24-14-9-7-10-15-24)25-16-11-8-12-17-25/h7-12,14-17,19-20H,4-6,13,18,21H2,1-3H3/q+1. The van der Waals surface area contributed by atoms with Gasteiger partial charge in [-0.1, -0.05) is 62.6 Å². The summed E-state index contributed by atoms with van der Waals surface area (Å²) in [6.45, 7) is 6.66. The molecule has 0 aliphatic rings. The molecule has 0 spiro atoms. The van der Waals surface area contributed by atoms with Gasteiger partial charge in [0, 0.05) is 12.1 Å². The first-order valence-corrected chi connectivity index (χ1v) is 12.6. The van der Waals surface area contributed by atoms with E-state index < -0.39 is 0 Å². The van der Waals surface area contributed by atoms with E-state index in [1.807, 2.05) is 26.0 Å². The van der Waals surface area contributed by atoms with Crippen LogP contribution in [0.4, 0.5) is 0 Å². The Morgan fingerprint density at radius 1 is 0.781 bits per heavy atom. The topological polar surface area (TPSA) is 35.5 Å². The smallest absolute Gasteiger partial charge is 0.344 e. The van der Waals surface area contributed by atoms with Crippen molar-refractivity contribution in [2.45, 2.75) is 61.1 Å². The molecule has 0 amide bonds. The molecule has 3 nitrogen and oxygen atoms in total. The molecule has 0 aliphatic carbocycles. The van der Waals surface area contributed by atoms with Gasteiger partial charge in [0.05, 0.1) is 17.5 Å². The molecule has 0 saturated heterocycles. The van der Waals surface area contributed by atoms with Gasteiger partial charge in [-0.25, -0.2) is 4.79 Å². The van der Waals surface area contributed by atoms with Crippen LogP contribution < -0.4 is 4.74 Å². The number of carbonyl (C=O) groups excluding carboxylic acids is 1. The van der Waals surface area contributed by atoms with Crippen LogP contribution in [-0.4, -0.2) is 19.2 Å². The molecule has 32 heavy (non-hydrogen) atoms. The summed E-state index contributed by atoms with van der Waals surface area (Å²) in [5, 5.41) is 0. The molecule has 0 bridgehead atoms. The maximum Gasteiger partial charge on any atom is 0.344 e. The number of ether oxygens (including phenoxy) is 2. The highest BCUT2D eigenvalue weighted by Crippen LogP contribution is 2.35. The Morgan fingerprint density at radius 2 is 1.34 bits per heavy atom. The molecule has 0 atom stereocenters. The monoisotopic (exact) mass is 449 g/mol. The lowest BCUT2D eigenvalue weighted by Gasteiger charge is -2.14. The lowest BCUT2D eigenvalue weighted by molar-refractivity contribution is -0.146. The SMILES string of the molecule is CCCCCCOC(=O)COc1c(C)cc([S+](c2ccccc2)c2ccccc2)cc1C. The average molecular weight is 450 g/mol. The molecule has 0 unspecified atom stereocenters. The number of carbonyl (C=O) groups is 1. The van der Waals surface area contributed by atoms with Crippen LogP contribution in [-0.2, 0) is 20.4 Å². The first-order valence-electron chi connectivity index (χ1n) is 11.3. The number of rotatable bonds is 11. The van der Waals surface area contributed by atoms with E-state index >= 15 is 0 Å². The Balaban J connectivity index is 1.74. The fourth-order valence-electron chi connectivity index (χ4n) is 3.67. The van der Waals surface area contributed by atoms with Gasteiger partial charge in [0.2, 0.25) is 0 Å². The number of aryl methyl sites for hydroxylation is 2. The highest BCUT2D eigenvalue weighted by molar-refractivity contribution is 7.97. The number of unbranched alkanes of at least 4 members (excludes halogenated alkanes) is 3. The minimum Gasteiger partial charge on any atom is -0.481 e. The molecule has 0 radical (unpaired) electrons. The summed E-state index contributed by atoms with van der Waals surface area (Å²) in [6.07, 6.45) is 4.34. The van der Waals surface area contributed by atoms with Gasteiger partial charge in [0.25, 0.3) is 0 Å². The van der Waals surface area contributed by atoms with Crippen molar-refractivity contribution in [1.29, 1.82) is 0 Å². The molecule has 3 aromatic carbocycles. The highest BCUT2D eigenvalue weighted by Gasteiger charge is 2.29. The third-order valence-electron chi connectivity index (χ3n) is 5.22.